The first-order valence-electron chi connectivity index (χ1n) is 5.47. The third-order valence-electron chi connectivity index (χ3n) is 2.84. The number of aliphatic hydroxyl groups is 1. The zero-order chi connectivity index (χ0) is 12.3. The van der Waals surface area contributed by atoms with E-state index in [9.17, 15) is 5.11 Å². The molecule has 1 aliphatic rings. The molecule has 0 spiro atoms. The van der Waals surface area contributed by atoms with Crippen LogP contribution in [0.2, 0.25) is 0 Å². The highest BCUT2D eigenvalue weighted by atomic mass is 32.2. The molecule has 0 radical (unpaired) electrons. The zero-order valence-electron chi connectivity index (χ0n) is 9.92. The van der Waals surface area contributed by atoms with Crippen molar-refractivity contribution < 1.29 is 14.6 Å². The van der Waals surface area contributed by atoms with E-state index in [0.717, 1.165) is 17.9 Å². The van der Waals surface area contributed by atoms with Crippen molar-refractivity contribution >= 4 is 11.8 Å². The monoisotopic (exact) mass is 256 g/mol. The van der Waals surface area contributed by atoms with Crippen molar-refractivity contribution in [3.8, 4) is 11.8 Å². The molecule has 1 fully saturated rings. The molecule has 6 heteroatoms. The molecule has 17 heavy (non-hydrogen) atoms. The van der Waals surface area contributed by atoms with Gasteiger partial charge in [-0.1, -0.05) is 0 Å². The zero-order valence-corrected chi connectivity index (χ0v) is 10.7. The molecule has 1 saturated heterocycles. The first-order valence-corrected chi connectivity index (χ1v) is 6.62. The summed E-state index contributed by atoms with van der Waals surface area (Å²) in [5, 5.41) is 10.3. The second kappa shape index (κ2) is 5.55. The molecule has 1 aromatic heterocycles. The molecule has 1 N–H and O–H groups in total. The average Bonchev–Trinajstić information content (AvgIpc) is 2.91. The number of hydrogen-bond acceptors (Lipinski definition) is 6. The molecule has 0 aliphatic carbocycles. The topological polar surface area (TPSA) is 64.5 Å². The average molecular weight is 256 g/mol. The number of ether oxygens (including phenoxy) is 2. The van der Waals surface area contributed by atoms with E-state index in [-0.39, 0.29) is 5.92 Å². The molecule has 0 aromatic carbocycles. The predicted octanol–water partition coefficient (Wildman–Crippen LogP) is 1.28. The summed E-state index contributed by atoms with van der Waals surface area (Å²) in [6.45, 7) is 0. The molecule has 2 atom stereocenters. The van der Waals surface area contributed by atoms with E-state index in [1.54, 1.807) is 0 Å². The van der Waals surface area contributed by atoms with Crippen LogP contribution < -0.4 is 9.47 Å². The minimum absolute atomic E-state index is 0.233. The van der Waals surface area contributed by atoms with Crippen LogP contribution in [0.3, 0.4) is 0 Å². The first kappa shape index (κ1) is 12.4. The van der Waals surface area contributed by atoms with Gasteiger partial charge in [-0.3, -0.25) is 0 Å². The summed E-state index contributed by atoms with van der Waals surface area (Å²) in [4.78, 5) is 8.32. The van der Waals surface area contributed by atoms with E-state index >= 15 is 0 Å². The minimum atomic E-state index is -0.613. The summed E-state index contributed by atoms with van der Waals surface area (Å²) < 4.78 is 10.1. The standard InChI is InChI=1S/C11H16N2O3S/c1-15-8-5-12-9(11(13-8)16-2)10(14)7-3-4-17-6-7/h5,7,10,14H,3-4,6H2,1-2H3. The summed E-state index contributed by atoms with van der Waals surface area (Å²) in [6.07, 6.45) is 1.89. The van der Waals surface area contributed by atoms with Crippen LogP contribution in [-0.2, 0) is 0 Å². The Bertz CT molecular complexity index is 383. The van der Waals surface area contributed by atoms with E-state index < -0.39 is 6.10 Å². The molecule has 1 aliphatic heterocycles. The van der Waals surface area contributed by atoms with E-state index in [1.165, 1.54) is 20.4 Å². The fraction of sp³-hybridized carbons (Fsp3) is 0.636. The van der Waals surface area contributed by atoms with Crippen LogP contribution in [0.15, 0.2) is 6.20 Å². The van der Waals surface area contributed by atoms with Crippen LogP contribution in [0.1, 0.15) is 18.2 Å². The van der Waals surface area contributed by atoms with Gasteiger partial charge in [-0.2, -0.15) is 16.7 Å². The Morgan fingerprint density at radius 2 is 2.29 bits per heavy atom. The van der Waals surface area contributed by atoms with E-state index in [0.29, 0.717) is 17.5 Å². The second-order valence-electron chi connectivity index (χ2n) is 3.88. The molecule has 0 bridgehead atoms. The van der Waals surface area contributed by atoms with E-state index in [2.05, 4.69) is 9.97 Å². The maximum absolute atomic E-state index is 10.3. The van der Waals surface area contributed by atoms with Crippen molar-refractivity contribution in [2.45, 2.75) is 12.5 Å². The maximum atomic E-state index is 10.3. The lowest BCUT2D eigenvalue weighted by molar-refractivity contribution is 0.112. The Morgan fingerprint density at radius 3 is 2.88 bits per heavy atom. The van der Waals surface area contributed by atoms with Crippen LogP contribution in [-0.4, -0.2) is 40.8 Å². The highest BCUT2D eigenvalue weighted by Gasteiger charge is 2.29. The third kappa shape index (κ3) is 2.63. The summed E-state index contributed by atoms with van der Waals surface area (Å²) in [5.41, 5.74) is 0.501. The largest absolute Gasteiger partial charge is 0.480 e. The highest BCUT2D eigenvalue weighted by Crippen LogP contribution is 2.36. The van der Waals surface area contributed by atoms with Gasteiger partial charge in [-0.05, 0) is 17.9 Å². The van der Waals surface area contributed by atoms with Crippen LogP contribution in [0.5, 0.6) is 11.8 Å². The Balaban J connectivity index is 2.23. The molecule has 2 heterocycles. The van der Waals surface area contributed by atoms with Crippen molar-refractivity contribution in [2.75, 3.05) is 25.7 Å². The summed E-state index contributed by atoms with van der Waals surface area (Å²) in [6, 6.07) is 0. The smallest absolute Gasteiger partial charge is 0.241 e. The molecule has 0 saturated carbocycles. The van der Waals surface area contributed by atoms with Gasteiger partial charge in [0.05, 0.1) is 20.4 Å². The van der Waals surface area contributed by atoms with Gasteiger partial charge >= 0.3 is 0 Å². The van der Waals surface area contributed by atoms with Gasteiger partial charge in [-0.25, -0.2) is 4.98 Å². The quantitative estimate of drug-likeness (QED) is 0.875. The molecule has 2 rings (SSSR count). The van der Waals surface area contributed by atoms with Crippen LogP contribution >= 0.6 is 11.8 Å². The van der Waals surface area contributed by atoms with Crippen molar-refractivity contribution in [3.63, 3.8) is 0 Å². The molecule has 94 valence electrons. The highest BCUT2D eigenvalue weighted by molar-refractivity contribution is 7.99. The van der Waals surface area contributed by atoms with Gasteiger partial charge < -0.3 is 14.6 Å². The Morgan fingerprint density at radius 1 is 1.47 bits per heavy atom. The lowest BCUT2D eigenvalue weighted by atomic mass is 9.99. The van der Waals surface area contributed by atoms with Gasteiger partial charge in [-0.15, -0.1) is 0 Å². The second-order valence-corrected chi connectivity index (χ2v) is 5.03. The number of nitrogens with zero attached hydrogens (tertiary/aromatic N) is 2. The van der Waals surface area contributed by atoms with Gasteiger partial charge in [0, 0.05) is 5.92 Å². The minimum Gasteiger partial charge on any atom is -0.480 e. The lowest BCUT2D eigenvalue weighted by Gasteiger charge is -2.18. The number of rotatable bonds is 4. The van der Waals surface area contributed by atoms with Crippen LogP contribution in [0.25, 0.3) is 0 Å². The summed E-state index contributed by atoms with van der Waals surface area (Å²) in [7, 11) is 3.04. The number of aromatic nitrogens is 2. The van der Waals surface area contributed by atoms with Crippen molar-refractivity contribution in [3.05, 3.63) is 11.9 Å². The fourth-order valence-electron chi connectivity index (χ4n) is 1.84. The number of thioether (sulfide) groups is 1. The van der Waals surface area contributed by atoms with Gasteiger partial charge in [0.25, 0.3) is 0 Å². The van der Waals surface area contributed by atoms with E-state index in [1.807, 2.05) is 11.8 Å². The van der Waals surface area contributed by atoms with Crippen molar-refractivity contribution in [1.29, 1.82) is 0 Å². The first-order chi connectivity index (χ1) is 8.26. The van der Waals surface area contributed by atoms with Crippen LogP contribution in [0.4, 0.5) is 0 Å². The molecule has 5 nitrogen and oxygen atoms in total. The summed E-state index contributed by atoms with van der Waals surface area (Å²) >= 11 is 1.85. The van der Waals surface area contributed by atoms with Crippen molar-refractivity contribution in [1.82, 2.24) is 9.97 Å². The number of hydrogen-bond donors (Lipinski definition) is 1. The Kier molecular flexibility index (Phi) is 4.06. The van der Waals surface area contributed by atoms with Gasteiger partial charge in [0.1, 0.15) is 11.8 Å². The Labute approximate surface area is 105 Å². The maximum Gasteiger partial charge on any atom is 0.241 e. The molecular weight excluding hydrogens is 240 g/mol. The number of methoxy groups -OCH3 is 2. The normalized spacial score (nSPS) is 21.2. The SMILES string of the molecule is COc1cnc(C(O)C2CCSC2)c(OC)n1. The van der Waals surface area contributed by atoms with Gasteiger partial charge in [0.2, 0.25) is 11.8 Å². The lowest BCUT2D eigenvalue weighted by Crippen LogP contribution is -2.15. The van der Waals surface area contributed by atoms with Crippen molar-refractivity contribution in [2.24, 2.45) is 5.92 Å². The number of aliphatic hydroxyl groups excluding tert-OH is 1. The van der Waals surface area contributed by atoms with Gasteiger partial charge in [0.15, 0.2) is 0 Å². The molecule has 1 aromatic rings. The summed E-state index contributed by atoms with van der Waals surface area (Å²) in [5.74, 6) is 3.01. The molecular formula is C11H16N2O3S. The fourth-order valence-corrected chi connectivity index (χ4v) is 3.13. The predicted molar refractivity (Wildman–Crippen MR) is 65.5 cm³/mol. The molecule has 2 unspecified atom stereocenters. The Hall–Kier alpha value is -1.01. The van der Waals surface area contributed by atoms with E-state index in [4.69, 9.17) is 9.47 Å². The van der Waals surface area contributed by atoms with Crippen LogP contribution in [0, 0.1) is 5.92 Å². The third-order valence-corrected chi connectivity index (χ3v) is 4.03. The molecule has 0 amide bonds.